The molecule has 1 aromatic rings. The zero-order valence-corrected chi connectivity index (χ0v) is 17.0. The molecule has 0 aliphatic carbocycles. The molecule has 30 heavy (non-hydrogen) atoms. The Morgan fingerprint density at radius 2 is 1.30 bits per heavy atom. The number of benzene rings is 1. The van der Waals surface area contributed by atoms with E-state index >= 15 is 0 Å². The molecule has 0 radical (unpaired) electrons. The fourth-order valence-electron chi connectivity index (χ4n) is 2.26. The Balaban J connectivity index is 1.85. The maximum absolute atomic E-state index is 11.7. The van der Waals surface area contributed by atoms with Gasteiger partial charge < -0.3 is 39.6 Å². The molecule has 0 bridgehead atoms. The first-order chi connectivity index (χ1) is 14.5. The van der Waals surface area contributed by atoms with Crippen molar-refractivity contribution in [3.63, 3.8) is 0 Å². The smallest absolute Gasteiger partial charge is 0.319 e. The van der Waals surface area contributed by atoms with Gasteiger partial charge in [0.05, 0.1) is 46.2 Å². The normalized spacial score (nSPS) is 10.7. The van der Waals surface area contributed by atoms with E-state index < -0.39 is 5.97 Å². The summed E-state index contributed by atoms with van der Waals surface area (Å²) in [5, 5.41) is 18.7. The van der Waals surface area contributed by atoms with Crippen molar-refractivity contribution in [2.75, 3.05) is 59.4 Å². The van der Waals surface area contributed by atoms with E-state index in [4.69, 9.17) is 29.4 Å². The van der Waals surface area contributed by atoms with Crippen LogP contribution in [0.1, 0.15) is 18.4 Å². The van der Waals surface area contributed by atoms with Crippen molar-refractivity contribution in [3.05, 3.63) is 23.8 Å². The number of hydrogen-bond acceptors (Lipinski definition) is 10. The Morgan fingerprint density at radius 3 is 1.83 bits per heavy atom. The van der Waals surface area contributed by atoms with Crippen LogP contribution in [0.4, 0.5) is 0 Å². The second kappa shape index (κ2) is 16.4. The Bertz CT molecular complexity index is 624. The summed E-state index contributed by atoms with van der Waals surface area (Å²) in [4.78, 5) is 22.4. The van der Waals surface area contributed by atoms with E-state index in [1.807, 2.05) is 0 Å². The Hall–Kier alpha value is -2.40. The van der Waals surface area contributed by atoms with Crippen molar-refractivity contribution in [2.24, 2.45) is 5.73 Å². The number of nitrogens with two attached hydrogens (primary N) is 1. The third-order valence-electron chi connectivity index (χ3n) is 3.78. The maximum Gasteiger partial charge on any atom is 0.319 e. The van der Waals surface area contributed by atoms with E-state index in [9.17, 15) is 19.8 Å². The molecule has 170 valence electrons. The van der Waals surface area contributed by atoms with Crippen molar-refractivity contribution >= 4 is 11.9 Å². The van der Waals surface area contributed by atoms with E-state index in [1.54, 1.807) is 6.07 Å². The lowest BCUT2D eigenvalue weighted by Crippen LogP contribution is -2.19. The van der Waals surface area contributed by atoms with Crippen LogP contribution in [0.2, 0.25) is 0 Å². The molecule has 0 aromatic heterocycles. The van der Waals surface area contributed by atoms with Gasteiger partial charge in [-0.1, -0.05) is 6.07 Å². The second-order valence-electron chi connectivity index (χ2n) is 6.16. The van der Waals surface area contributed by atoms with E-state index in [1.165, 1.54) is 12.1 Å². The number of phenols is 2. The monoisotopic (exact) mass is 429 g/mol. The Labute approximate surface area is 175 Å². The molecule has 0 unspecified atom stereocenters. The number of carbonyl (C=O) groups excluding carboxylic acids is 2. The van der Waals surface area contributed by atoms with Gasteiger partial charge in [-0.15, -0.1) is 0 Å². The summed E-state index contributed by atoms with van der Waals surface area (Å²) in [6.45, 7) is 2.29. The molecular weight excluding hydrogens is 398 g/mol. The first-order valence-corrected chi connectivity index (χ1v) is 9.78. The van der Waals surface area contributed by atoms with Gasteiger partial charge in [-0.25, -0.2) is 0 Å². The highest BCUT2D eigenvalue weighted by molar-refractivity contribution is 5.71. The summed E-state index contributed by atoms with van der Waals surface area (Å²) >= 11 is 0. The van der Waals surface area contributed by atoms with Crippen LogP contribution in [-0.2, 0) is 39.7 Å². The van der Waals surface area contributed by atoms with Crippen LogP contribution in [-0.4, -0.2) is 81.6 Å². The highest BCUT2D eigenvalue weighted by atomic mass is 16.6. The highest BCUT2D eigenvalue weighted by Crippen LogP contribution is 2.25. The van der Waals surface area contributed by atoms with E-state index in [0.717, 1.165) is 5.56 Å². The molecule has 0 aliphatic heterocycles. The molecular formula is C20H31NO9. The number of ether oxygens (including phenoxy) is 5. The summed E-state index contributed by atoms with van der Waals surface area (Å²) in [5.74, 6) is -1.12. The second-order valence-corrected chi connectivity index (χ2v) is 6.16. The van der Waals surface area contributed by atoms with Crippen molar-refractivity contribution in [2.45, 2.75) is 19.3 Å². The molecule has 10 heteroatoms. The Morgan fingerprint density at radius 1 is 0.767 bits per heavy atom. The average Bonchev–Trinajstić information content (AvgIpc) is 2.73. The van der Waals surface area contributed by atoms with Gasteiger partial charge in [0, 0.05) is 6.42 Å². The summed E-state index contributed by atoms with van der Waals surface area (Å²) in [6, 6.07) is 4.59. The standard InChI is InChI=1S/C20H31NO9/c21-15-20(25)30-13-11-28-9-7-26-6-8-27-10-12-29-19(24)3-1-2-16-4-5-17(22)18(23)14-16/h4-5,14,22-23H,1-3,6-13,15,21H2. The number of rotatable bonds is 17. The predicted molar refractivity (Wildman–Crippen MR) is 106 cm³/mol. The molecule has 1 aromatic carbocycles. The number of phenolic OH excluding ortho intramolecular Hbond substituents is 2. The zero-order valence-electron chi connectivity index (χ0n) is 17.0. The van der Waals surface area contributed by atoms with Crippen LogP contribution in [0.5, 0.6) is 11.5 Å². The number of aromatic hydroxyl groups is 2. The lowest BCUT2D eigenvalue weighted by atomic mass is 10.1. The van der Waals surface area contributed by atoms with Gasteiger partial charge >= 0.3 is 11.9 Å². The fourth-order valence-corrected chi connectivity index (χ4v) is 2.26. The fraction of sp³-hybridized carbons (Fsp3) is 0.600. The minimum Gasteiger partial charge on any atom is -0.504 e. The summed E-state index contributed by atoms with van der Waals surface area (Å²) in [6.07, 6.45) is 1.44. The van der Waals surface area contributed by atoms with Gasteiger partial charge in [-0.05, 0) is 30.5 Å². The van der Waals surface area contributed by atoms with Crippen LogP contribution in [0.25, 0.3) is 0 Å². The quantitative estimate of drug-likeness (QED) is 0.182. The van der Waals surface area contributed by atoms with Gasteiger partial charge in [0.15, 0.2) is 11.5 Å². The first kappa shape index (κ1) is 25.6. The Kier molecular flexibility index (Phi) is 14.0. The minimum atomic E-state index is -0.465. The van der Waals surface area contributed by atoms with Crippen molar-refractivity contribution in [3.8, 4) is 11.5 Å². The molecule has 0 heterocycles. The molecule has 0 saturated carbocycles. The SMILES string of the molecule is NCC(=O)OCCOCCOCCOCCOC(=O)CCCc1ccc(O)c(O)c1. The van der Waals surface area contributed by atoms with Crippen molar-refractivity contribution in [1.29, 1.82) is 0 Å². The third-order valence-corrected chi connectivity index (χ3v) is 3.78. The average molecular weight is 429 g/mol. The number of esters is 2. The highest BCUT2D eigenvalue weighted by Gasteiger charge is 2.05. The topological polar surface area (TPSA) is 147 Å². The van der Waals surface area contributed by atoms with Gasteiger partial charge in [-0.3, -0.25) is 9.59 Å². The van der Waals surface area contributed by atoms with E-state index in [0.29, 0.717) is 39.3 Å². The predicted octanol–water partition coefficient (Wildman–Crippen LogP) is 0.515. The molecule has 4 N–H and O–H groups in total. The first-order valence-electron chi connectivity index (χ1n) is 9.78. The lowest BCUT2D eigenvalue weighted by Gasteiger charge is -2.08. The van der Waals surface area contributed by atoms with Crippen LogP contribution < -0.4 is 5.73 Å². The van der Waals surface area contributed by atoms with Gasteiger partial charge in [0.25, 0.3) is 0 Å². The molecule has 0 aliphatic rings. The van der Waals surface area contributed by atoms with Crippen LogP contribution in [0.3, 0.4) is 0 Å². The summed E-state index contributed by atoms with van der Waals surface area (Å²) in [7, 11) is 0. The minimum absolute atomic E-state index is 0.143. The van der Waals surface area contributed by atoms with Crippen LogP contribution in [0.15, 0.2) is 18.2 Å². The van der Waals surface area contributed by atoms with E-state index in [-0.39, 0.29) is 56.9 Å². The molecule has 0 spiro atoms. The molecule has 0 fully saturated rings. The van der Waals surface area contributed by atoms with Gasteiger partial charge in [0.2, 0.25) is 0 Å². The van der Waals surface area contributed by atoms with Gasteiger partial charge in [0.1, 0.15) is 13.2 Å². The van der Waals surface area contributed by atoms with Crippen molar-refractivity contribution < 1.29 is 43.5 Å². The zero-order chi connectivity index (χ0) is 22.0. The number of carbonyl (C=O) groups is 2. The number of aryl methyl sites for hydroxylation is 1. The van der Waals surface area contributed by atoms with Crippen molar-refractivity contribution in [1.82, 2.24) is 0 Å². The maximum atomic E-state index is 11.7. The van der Waals surface area contributed by atoms with E-state index in [2.05, 4.69) is 0 Å². The van der Waals surface area contributed by atoms with Gasteiger partial charge in [-0.2, -0.15) is 0 Å². The lowest BCUT2D eigenvalue weighted by molar-refractivity contribution is -0.145. The number of hydrogen-bond donors (Lipinski definition) is 3. The molecule has 10 nitrogen and oxygen atoms in total. The molecule has 0 amide bonds. The third kappa shape index (κ3) is 12.9. The largest absolute Gasteiger partial charge is 0.504 e. The molecule has 0 saturated heterocycles. The molecule has 1 rings (SSSR count). The summed E-state index contributed by atoms with van der Waals surface area (Å²) < 4.78 is 25.6. The molecule has 0 atom stereocenters. The summed E-state index contributed by atoms with van der Waals surface area (Å²) in [5.41, 5.74) is 5.92. The van der Waals surface area contributed by atoms with Crippen LogP contribution >= 0.6 is 0 Å². The van der Waals surface area contributed by atoms with Crippen LogP contribution in [0, 0.1) is 0 Å².